The van der Waals surface area contributed by atoms with Gasteiger partial charge < -0.3 is 15.0 Å². The number of amides is 2. The van der Waals surface area contributed by atoms with Crippen LogP contribution in [0.1, 0.15) is 47.0 Å². The summed E-state index contributed by atoms with van der Waals surface area (Å²) in [6, 6.07) is 12.4. The van der Waals surface area contributed by atoms with Gasteiger partial charge in [-0.05, 0) is 49.6 Å². The summed E-state index contributed by atoms with van der Waals surface area (Å²) in [6.07, 6.45) is 4.50. The van der Waals surface area contributed by atoms with Crippen LogP contribution in [0.4, 0.5) is 4.79 Å². The molecule has 1 saturated heterocycles. The molecule has 0 unspecified atom stereocenters. The van der Waals surface area contributed by atoms with E-state index in [1.807, 2.05) is 29.2 Å². The highest BCUT2D eigenvalue weighted by atomic mass is 32.1. The number of hydrogen-bond donors (Lipinski definition) is 1. The number of rotatable bonds is 4. The molecule has 3 rings (SSSR count). The van der Waals surface area contributed by atoms with Crippen molar-refractivity contribution in [3.63, 3.8) is 0 Å². The molecule has 1 aliphatic rings. The molecule has 0 aliphatic carbocycles. The van der Waals surface area contributed by atoms with Crippen molar-refractivity contribution in [2.75, 3.05) is 13.7 Å². The van der Waals surface area contributed by atoms with Crippen LogP contribution in [0.2, 0.25) is 0 Å². The lowest BCUT2D eigenvalue weighted by atomic mass is 10.1. The first-order valence-corrected chi connectivity index (χ1v) is 9.73. The highest BCUT2D eigenvalue weighted by molar-refractivity contribution is 7.12. The van der Waals surface area contributed by atoms with E-state index in [1.165, 1.54) is 22.6 Å². The van der Waals surface area contributed by atoms with Crippen molar-refractivity contribution in [3.8, 4) is 5.75 Å². The van der Waals surface area contributed by atoms with E-state index >= 15 is 0 Å². The Morgan fingerprint density at radius 1 is 1.28 bits per heavy atom. The highest BCUT2D eigenvalue weighted by Crippen LogP contribution is 2.34. The number of hydrogen-bond acceptors (Lipinski definition) is 3. The molecule has 0 spiro atoms. The van der Waals surface area contributed by atoms with Gasteiger partial charge in [-0.15, -0.1) is 11.3 Å². The van der Waals surface area contributed by atoms with Gasteiger partial charge in [0.1, 0.15) is 5.75 Å². The molecule has 0 saturated carbocycles. The predicted octanol–water partition coefficient (Wildman–Crippen LogP) is 4.89. The fraction of sp³-hybridized carbons (Fsp3) is 0.450. The minimum Gasteiger partial charge on any atom is -0.497 e. The lowest BCUT2D eigenvalue weighted by molar-refractivity contribution is 0.176. The Morgan fingerprint density at radius 2 is 2.16 bits per heavy atom. The van der Waals surface area contributed by atoms with Crippen LogP contribution in [-0.2, 0) is 6.54 Å². The Balaban J connectivity index is 1.69. The molecular formula is C20H26N2O2S. The van der Waals surface area contributed by atoms with Gasteiger partial charge in [-0.25, -0.2) is 4.79 Å². The summed E-state index contributed by atoms with van der Waals surface area (Å²) in [5.74, 6) is 0.813. The molecule has 2 amide bonds. The van der Waals surface area contributed by atoms with Crippen LogP contribution in [0.5, 0.6) is 5.75 Å². The maximum Gasteiger partial charge on any atom is 0.318 e. The van der Waals surface area contributed by atoms with Gasteiger partial charge in [0.15, 0.2) is 0 Å². The number of methoxy groups -OCH3 is 1. The monoisotopic (exact) mass is 358 g/mol. The van der Waals surface area contributed by atoms with Crippen LogP contribution in [0, 0.1) is 6.92 Å². The van der Waals surface area contributed by atoms with E-state index in [1.54, 1.807) is 18.4 Å². The minimum atomic E-state index is 0.0285. The van der Waals surface area contributed by atoms with Crippen molar-refractivity contribution in [1.29, 1.82) is 0 Å². The van der Waals surface area contributed by atoms with E-state index in [2.05, 4.69) is 24.4 Å². The second-order valence-corrected chi connectivity index (χ2v) is 7.84. The van der Waals surface area contributed by atoms with Gasteiger partial charge in [0.2, 0.25) is 0 Å². The second-order valence-electron chi connectivity index (χ2n) is 6.52. The summed E-state index contributed by atoms with van der Waals surface area (Å²) in [4.78, 5) is 17.5. The van der Waals surface area contributed by atoms with Crippen molar-refractivity contribution in [2.45, 2.75) is 45.2 Å². The topological polar surface area (TPSA) is 41.6 Å². The van der Waals surface area contributed by atoms with Gasteiger partial charge in [-0.2, -0.15) is 0 Å². The Bertz CT molecular complexity index is 713. The smallest absolute Gasteiger partial charge is 0.318 e. The Hall–Kier alpha value is -2.01. The minimum absolute atomic E-state index is 0.0285. The summed E-state index contributed by atoms with van der Waals surface area (Å²) in [6.45, 7) is 3.46. The first-order chi connectivity index (χ1) is 12.2. The van der Waals surface area contributed by atoms with Crippen LogP contribution in [0.3, 0.4) is 0 Å². The SMILES string of the molecule is COc1cccc(CNC(=O)N2CCCCC[C@H]2c2ccc(C)s2)c1. The normalized spacial score (nSPS) is 17.8. The number of nitrogens with zero attached hydrogens (tertiary/aromatic N) is 1. The fourth-order valence-corrected chi connectivity index (χ4v) is 4.37. The molecule has 1 aromatic carbocycles. The zero-order valence-corrected chi connectivity index (χ0v) is 15.8. The number of thiophene rings is 1. The van der Waals surface area contributed by atoms with Gasteiger partial charge in [0.25, 0.3) is 0 Å². The fourth-order valence-electron chi connectivity index (χ4n) is 3.34. The number of urea groups is 1. The third kappa shape index (κ3) is 4.54. The van der Waals surface area contributed by atoms with Gasteiger partial charge in [0.05, 0.1) is 13.2 Å². The molecule has 1 aliphatic heterocycles. The Labute approximate surface area is 153 Å². The second kappa shape index (κ2) is 8.39. The number of carbonyl (C=O) groups excluding carboxylic acids is 1. The van der Waals surface area contributed by atoms with Crippen molar-refractivity contribution in [3.05, 3.63) is 51.7 Å². The maximum absolute atomic E-state index is 12.9. The molecule has 1 N–H and O–H groups in total. The molecule has 0 radical (unpaired) electrons. The Kier molecular flexibility index (Phi) is 5.97. The molecule has 4 nitrogen and oxygen atoms in total. The Morgan fingerprint density at radius 3 is 2.92 bits per heavy atom. The van der Waals surface area contributed by atoms with Crippen molar-refractivity contribution >= 4 is 17.4 Å². The molecule has 0 bridgehead atoms. The quantitative estimate of drug-likeness (QED) is 0.845. The average Bonchev–Trinajstić information content (AvgIpc) is 2.92. The number of benzene rings is 1. The molecule has 2 heterocycles. The van der Waals surface area contributed by atoms with Crippen LogP contribution in [0.25, 0.3) is 0 Å². The van der Waals surface area contributed by atoms with Crippen LogP contribution in [0.15, 0.2) is 36.4 Å². The summed E-state index contributed by atoms with van der Waals surface area (Å²) in [5.41, 5.74) is 1.05. The molecular weight excluding hydrogens is 332 g/mol. The van der Waals surface area contributed by atoms with Crippen molar-refractivity contribution < 1.29 is 9.53 Å². The van der Waals surface area contributed by atoms with E-state index in [9.17, 15) is 4.79 Å². The zero-order chi connectivity index (χ0) is 17.6. The molecule has 5 heteroatoms. The molecule has 1 fully saturated rings. The standard InChI is InChI=1S/C20H26N2O2S/c1-15-10-11-19(25-15)18-9-4-3-5-12-22(18)20(23)21-14-16-7-6-8-17(13-16)24-2/h6-8,10-11,13,18H,3-5,9,12,14H2,1-2H3,(H,21,23)/t18-/m0/s1. The van der Waals surface area contributed by atoms with Gasteiger partial charge in [0, 0.05) is 22.8 Å². The molecule has 1 atom stereocenters. The lowest BCUT2D eigenvalue weighted by Gasteiger charge is -2.29. The van der Waals surface area contributed by atoms with Gasteiger partial charge in [-0.1, -0.05) is 25.0 Å². The third-order valence-corrected chi connectivity index (χ3v) is 5.78. The first kappa shape index (κ1) is 17.8. The number of ether oxygens (including phenoxy) is 1. The number of carbonyl (C=O) groups is 1. The average molecular weight is 359 g/mol. The summed E-state index contributed by atoms with van der Waals surface area (Å²) < 4.78 is 5.25. The molecule has 2 aromatic rings. The predicted molar refractivity (Wildman–Crippen MR) is 102 cm³/mol. The lowest BCUT2D eigenvalue weighted by Crippen LogP contribution is -2.41. The van der Waals surface area contributed by atoms with Gasteiger partial charge in [-0.3, -0.25) is 0 Å². The summed E-state index contributed by atoms with van der Waals surface area (Å²) >= 11 is 1.81. The molecule has 25 heavy (non-hydrogen) atoms. The summed E-state index contributed by atoms with van der Waals surface area (Å²) in [5, 5.41) is 3.09. The van der Waals surface area contributed by atoms with Crippen molar-refractivity contribution in [1.82, 2.24) is 10.2 Å². The number of likely N-dealkylation sites (tertiary alicyclic amines) is 1. The van der Waals surface area contributed by atoms with Crippen LogP contribution >= 0.6 is 11.3 Å². The molecule has 134 valence electrons. The van der Waals surface area contributed by atoms with E-state index in [4.69, 9.17) is 4.74 Å². The van der Waals surface area contributed by atoms with Crippen LogP contribution < -0.4 is 10.1 Å². The van der Waals surface area contributed by atoms with E-state index in [-0.39, 0.29) is 12.1 Å². The van der Waals surface area contributed by atoms with E-state index in [0.29, 0.717) is 6.54 Å². The van der Waals surface area contributed by atoms with Gasteiger partial charge >= 0.3 is 6.03 Å². The highest BCUT2D eigenvalue weighted by Gasteiger charge is 2.27. The van der Waals surface area contributed by atoms with Crippen molar-refractivity contribution in [2.24, 2.45) is 0 Å². The zero-order valence-electron chi connectivity index (χ0n) is 15.0. The molecule has 1 aromatic heterocycles. The first-order valence-electron chi connectivity index (χ1n) is 8.91. The van der Waals surface area contributed by atoms with E-state index < -0.39 is 0 Å². The summed E-state index contributed by atoms with van der Waals surface area (Å²) in [7, 11) is 1.66. The number of nitrogens with one attached hydrogen (secondary N) is 1. The van der Waals surface area contributed by atoms with Crippen LogP contribution in [-0.4, -0.2) is 24.6 Å². The van der Waals surface area contributed by atoms with E-state index in [0.717, 1.165) is 30.7 Å². The maximum atomic E-state index is 12.9. The largest absolute Gasteiger partial charge is 0.497 e. The number of aryl methyl sites for hydroxylation is 1. The third-order valence-electron chi connectivity index (χ3n) is 4.68.